The molecule has 6 heteroatoms. The lowest BCUT2D eigenvalue weighted by atomic mass is 10.2. The van der Waals surface area contributed by atoms with E-state index in [-0.39, 0.29) is 6.04 Å². The summed E-state index contributed by atoms with van der Waals surface area (Å²) < 4.78 is 10.7. The Morgan fingerprint density at radius 2 is 2.11 bits per heavy atom. The zero-order valence-corrected chi connectivity index (χ0v) is 11.1. The van der Waals surface area contributed by atoms with E-state index in [0.29, 0.717) is 18.3 Å². The summed E-state index contributed by atoms with van der Waals surface area (Å²) in [5.74, 6) is 2.55. The maximum absolute atomic E-state index is 5.98. The zero-order chi connectivity index (χ0) is 13.3. The average molecular weight is 250 g/mol. The van der Waals surface area contributed by atoms with Gasteiger partial charge in [0.05, 0.1) is 11.6 Å². The van der Waals surface area contributed by atoms with E-state index in [1.165, 1.54) is 0 Å². The predicted molar refractivity (Wildman–Crippen MR) is 67.0 cm³/mol. The van der Waals surface area contributed by atoms with Crippen LogP contribution in [-0.2, 0) is 0 Å². The zero-order valence-electron chi connectivity index (χ0n) is 11.1. The molecule has 0 bridgehead atoms. The third kappa shape index (κ3) is 2.60. The minimum absolute atomic E-state index is 0.259. The van der Waals surface area contributed by atoms with E-state index in [1.54, 1.807) is 0 Å². The molecule has 6 nitrogen and oxygen atoms in total. The quantitative estimate of drug-likeness (QED) is 0.885. The molecule has 0 saturated carbocycles. The first-order valence-corrected chi connectivity index (χ1v) is 5.78. The summed E-state index contributed by atoms with van der Waals surface area (Å²) in [6.45, 7) is 4.42. The van der Waals surface area contributed by atoms with E-state index in [4.69, 9.17) is 14.7 Å². The van der Waals surface area contributed by atoms with Crippen molar-refractivity contribution >= 4 is 0 Å². The lowest BCUT2D eigenvalue weighted by Crippen LogP contribution is -2.26. The third-order valence-corrected chi connectivity index (χ3v) is 2.61. The van der Waals surface area contributed by atoms with Crippen LogP contribution in [0.4, 0.5) is 0 Å². The first kappa shape index (κ1) is 12.8. The molecule has 18 heavy (non-hydrogen) atoms. The van der Waals surface area contributed by atoms with Gasteiger partial charge in [0, 0.05) is 6.54 Å². The van der Waals surface area contributed by atoms with Crippen molar-refractivity contribution in [2.45, 2.75) is 19.9 Å². The Labute approximate surface area is 106 Å². The normalized spacial score (nSPS) is 13.2. The molecule has 2 aromatic heterocycles. The van der Waals surface area contributed by atoms with Crippen molar-refractivity contribution in [2.24, 2.45) is 5.73 Å². The van der Waals surface area contributed by atoms with Crippen molar-refractivity contribution in [3.63, 3.8) is 0 Å². The molecule has 98 valence electrons. The molecule has 0 amide bonds. The second kappa shape index (κ2) is 4.91. The predicted octanol–water partition coefficient (Wildman–Crippen LogP) is 1.51. The van der Waals surface area contributed by atoms with Crippen molar-refractivity contribution in [1.82, 2.24) is 15.0 Å². The highest BCUT2D eigenvalue weighted by Gasteiger charge is 2.18. The van der Waals surface area contributed by atoms with Gasteiger partial charge in [-0.25, -0.2) is 0 Å². The molecule has 0 aromatic carbocycles. The molecular weight excluding hydrogens is 232 g/mol. The summed E-state index contributed by atoms with van der Waals surface area (Å²) in [6.07, 6.45) is 0. The number of aromatic nitrogens is 2. The van der Waals surface area contributed by atoms with Crippen LogP contribution in [0.2, 0.25) is 0 Å². The Morgan fingerprint density at radius 3 is 2.67 bits per heavy atom. The summed E-state index contributed by atoms with van der Waals surface area (Å²) in [7, 11) is 3.90. The molecule has 0 aliphatic carbocycles. The summed E-state index contributed by atoms with van der Waals surface area (Å²) in [4.78, 5) is 6.30. The smallest absolute Gasteiger partial charge is 0.261 e. The number of likely N-dealkylation sites (N-methyl/N-ethyl adjacent to an activating group) is 1. The standard InChI is InChI=1S/C12H18N4O2/c1-7-5-9(8(2)17-7)12-14-11(15-18-12)10(13)6-16(3)4/h5,10H,6,13H2,1-4H3. The number of hydrogen-bond acceptors (Lipinski definition) is 6. The van der Waals surface area contributed by atoms with Gasteiger partial charge in [-0.3, -0.25) is 0 Å². The Hall–Kier alpha value is -1.66. The van der Waals surface area contributed by atoms with Crippen LogP contribution in [0.3, 0.4) is 0 Å². The highest BCUT2D eigenvalue weighted by molar-refractivity contribution is 5.56. The van der Waals surface area contributed by atoms with Crippen molar-refractivity contribution in [2.75, 3.05) is 20.6 Å². The van der Waals surface area contributed by atoms with Crippen LogP contribution in [0.5, 0.6) is 0 Å². The Kier molecular flexibility index (Phi) is 3.49. The van der Waals surface area contributed by atoms with Gasteiger partial charge >= 0.3 is 0 Å². The van der Waals surface area contributed by atoms with E-state index < -0.39 is 0 Å². The van der Waals surface area contributed by atoms with Gasteiger partial charge in [-0.2, -0.15) is 4.98 Å². The molecule has 0 fully saturated rings. The van der Waals surface area contributed by atoms with Crippen LogP contribution in [-0.4, -0.2) is 35.7 Å². The lowest BCUT2D eigenvalue weighted by molar-refractivity contribution is 0.357. The molecule has 2 N–H and O–H groups in total. The third-order valence-electron chi connectivity index (χ3n) is 2.61. The SMILES string of the molecule is Cc1cc(-c2nc(C(N)CN(C)C)no2)c(C)o1. The molecule has 0 aliphatic rings. The minimum Gasteiger partial charge on any atom is -0.466 e. The summed E-state index contributed by atoms with van der Waals surface area (Å²) in [5, 5.41) is 3.92. The van der Waals surface area contributed by atoms with Gasteiger partial charge < -0.3 is 19.6 Å². The van der Waals surface area contributed by atoms with Gasteiger partial charge in [0.15, 0.2) is 5.82 Å². The number of nitrogens with zero attached hydrogens (tertiary/aromatic N) is 3. The average Bonchev–Trinajstić information content (AvgIpc) is 2.83. The first-order valence-electron chi connectivity index (χ1n) is 5.78. The van der Waals surface area contributed by atoms with Crippen LogP contribution in [0, 0.1) is 13.8 Å². The molecule has 0 radical (unpaired) electrons. The number of furan rings is 1. The number of nitrogens with two attached hydrogens (primary N) is 1. The molecule has 2 aromatic rings. The maximum Gasteiger partial charge on any atom is 0.261 e. The number of rotatable bonds is 4. The van der Waals surface area contributed by atoms with Crippen molar-refractivity contribution in [3.05, 3.63) is 23.4 Å². The van der Waals surface area contributed by atoms with E-state index >= 15 is 0 Å². The van der Waals surface area contributed by atoms with Crippen molar-refractivity contribution in [3.8, 4) is 11.5 Å². The second-order valence-electron chi connectivity index (χ2n) is 4.65. The fraction of sp³-hybridized carbons (Fsp3) is 0.500. The number of hydrogen-bond donors (Lipinski definition) is 1. The van der Waals surface area contributed by atoms with Gasteiger partial charge in [-0.15, -0.1) is 0 Å². The lowest BCUT2D eigenvalue weighted by Gasteiger charge is -2.12. The molecular formula is C12H18N4O2. The summed E-state index contributed by atoms with van der Waals surface area (Å²) in [6, 6.07) is 1.62. The molecule has 2 rings (SSSR count). The van der Waals surface area contributed by atoms with Crippen LogP contribution in [0.15, 0.2) is 15.0 Å². The van der Waals surface area contributed by atoms with Crippen LogP contribution in [0.25, 0.3) is 11.5 Å². The van der Waals surface area contributed by atoms with E-state index in [0.717, 1.165) is 17.1 Å². The minimum atomic E-state index is -0.259. The maximum atomic E-state index is 5.98. The molecule has 0 saturated heterocycles. The van der Waals surface area contributed by atoms with Gasteiger partial charge in [-0.05, 0) is 34.0 Å². The summed E-state index contributed by atoms with van der Waals surface area (Å²) in [5.41, 5.74) is 6.80. The van der Waals surface area contributed by atoms with E-state index in [1.807, 2.05) is 38.9 Å². The Bertz CT molecular complexity index is 530. The fourth-order valence-electron chi connectivity index (χ4n) is 1.81. The molecule has 0 aliphatic heterocycles. The Morgan fingerprint density at radius 1 is 1.39 bits per heavy atom. The monoisotopic (exact) mass is 250 g/mol. The van der Waals surface area contributed by atoms with Crippen LogP contribution >= 0.6 is 0 Å². The van der Waals surface area contributed by atoms with Gasteiger partial charge in [0.1, 0.15) is 11.5 Å². The van der Waals surface area contributed by atoms with Crippen LogP contribution in [0.1, 0.15) is 23.4 Å². The summed E-state index contributed by atoms with van der Waals surface area (Å²) >= 11 is 0. The highest BCUT2D eigenvalue weighted by Crippen LogP contribution is 2.25. The van der Waals surface area contributed by atoms with Gasteiger partial charge in [-0.1, -0.05) is 5.16 Å². The topological polar surface area (TPSA) is 81.3 Å². The van der Waals surface area contributed by atoms with E-state index in [2.05, 4.69) is 10.1 Å². The second-order valence-corrected chi connectivity index (χ2v) is 4.65. The van der Waals surface area contributed by atoms with Gasteiger partial charge in [0.2, 0.25) is 0 Å². The molecule has 1 atom stereocenters. The number of aryl methyl sites for hydroxylation is 2. The molecule has 0 spiro atoms. The van der Waals surface area contributed by atoms with Crippen molar-refractivity contribution in [1.29, 1.82) is 0 Å². The molecule has 2 heterocycles. The van der Waals surface area contributed by atoms with Crippen LogP contribution < -0.4 is 5.73 Å². The van der Waals surface area contributed by atoms with Gasteiger partial charge in [0.25, 0.3) is 5.89 Å². The molecule has 1 unspecified atom stereocenters. The highest BCUT2D eigenvalue weighted by atomic mass is 16.5. The van der Waals surface area contributed by atoms with Crippen molar-refractivity contribution < 1.29 is 8.94 Å². The fourth-order valence-corrected chi connectivity index (χ4v) is 1.81. The first-order chi connectivity index (χ1) is 8.47. The Balaban J connectivity index is 2.22. The van der Waals surface area contributed by atoms with E-state index in [9.17, 15) is 0 Å². The largest absolute Gasteiger partial charge is 0.466 e.